The molecule has 2 heterocycles. The molecule has 2 aromatic heterocycles. The van der Waals surface area contributed by atoms with Crippen LogP contribution in [-0.4, -0.2) is 20.4 Å². The van der Waals surface area contributed by atoms with Crippen LogP contribution in [0.1, 0.15) is 51.1 Å². The Morgan fingerprint density at radius 3 is 2.78 bits per heavy atom. The Kier molecular flexibility index (Phi) is 5.16. The van der Waals surface area contributed by atoms with Gasteiger partial charge in [-0.05, 0) is 25.3 Å². The summed E-state index contributed by atoms with van der Waals surface area (Å²) in [5.41, 5.74) is 4.49. The molecular weight excluding hydrogens is 306 g/mol. The molecule has 1 aromatic carbocycles. The molecule has 0 amide bonds. The summed E-state index contributed by atoms with van der Waals surface area (Å²) in [5.74, 6) is 1.16. The highest BCUT2D eigenvalue weighted by Gasteiger charge is 2.17. The number of alkyl halides is 1. The first-order chi connectivity index (χ1) is 11.3. The molecule has 0 bridgehead atoms. The number of pyridine rings is 1. The number of fused-ring (bicyclic) bond motifs is 3. The fraction of sp³-hybridized carbons (Fsp3) is 0.474. The third-order valence-corrected chi connectivity index (χ3v) is 4.86. The van der Waals surface area contributed by atoms with Gasteiger partial charge in [0.1, 0.15) is 5.52 Å². The predicted octanol–water partition coefficient (Wildman–Crippen LogP) is 5.51. The smallest absolute Gasteiger partial charge is 0.111 e. The third kappa shape index (κ3) is 3.20. The second-order valence-corrected chi connectivity index (χ2v) is 6.59. The van der Waals surface area contributed by atoms with E-state index in [1.165, 1.54) is 10.9 Å². The third-order valence-electron chi connectivity index (χ3n) is 4.59. The van der Waals surface area contributed by atoms with E-state index in [-0.39, 0.29) is 0 Å². The summed E-state index contributed by atoms with van der Waals surface area (Å²) in [4.78, 5) is 9.61. The number of rotatable bonds is 7. The average molecular weight is 330 g/mol. The summed E-state index contributed by atoms with van der Waals surface area (Å²) < 4.78 is 2.29. The maximum Gasteiger partial charge on any atom is 0.111 e. The number of hydrogen-bond acceptors (Lipinski definition) is 2. The van der Waals surface area contributed by atoms with Crippen LogP contribution in [0, 0.1) is 0 Å². The lowest BCUT2D eigenvalue weighted by atomic mass is 10.0. The lowest BCUT2D eigenvalue weighted by molar-refractivity contribution is 0.615. The number of para-hydroxylation sites is 1. The van der Waals surface area contributed by atoms with E-state index in [0.29, 0.717) is 5.92 Å². The molecule has 3 nitrogen and oxygen atoms in total. The number of unbranched alkanes of at least 4 members (excludes halogenated alkanes) is 2. The van der Waals surface area contributed by atoms with Gasteiger partial charge in [-0.25, -0.2) is 4.98 Å². The molecule has 0 spiro atoms. The molecule has 0 fully saturated rings. The zero-order chi connectivity index (χ0) is 16.2. The van der Waals surface area contributed by atoms with E-state index in [2.05, 4.69) is 42.7 Å². The van der Waals surface area contributed by atoms with Gasteiger partial charge in [-0.1, -0.05) is 38.5 Å². The molecule has 122 valence electrons. The van der Waals surface area contributed by atoms with Crippen LogP contribution in [0.5, 0.6) is 0 Å². The Balaban J connectivity index is 2.10. The fourth-order valence-electron chi connectivity index (χ4n) is 3.07. The van der Waals surface area contributed by atoms with Gasteiger partial charge in [0, 0.05) is 23.7 Å². The Hall–Kier alpha value is -1.61. The number of nitrogens with zero attached hydrogens (tertiary/aromatic N) is 3. The van der Waals surface area contributed by atoms with Crippen molar-refractivity contribution in [1.82, 2.24) is 14.5 Å². The zero-order valence-electron chi connectivity index (χ0n) is 13.9. The van der Waals surface area contributed by atoms with Crippen LogP contribution in [0.25, 0.3) is 21.9 Å². The van der Waals surface area contributed by atoms with Gasteiger partial charge in [0.25, 0.3) is 0 Å². The number of benzene rings is 1. The minimum Gasteiger partial charge on any atom is -0.330 e. The van der Waals surface area contributed by atoms with Gasteiger partial charge in [0.05, 0.1) is 23.1 Å². The van der Waals surface area contributed by atoms with Crippen molar-refractivity contribution in [2.24, 2.45) is 0 Å². The van der Waals surface area contributed by atoms with E-state index in [0.717, 1.165) is 54.8 Å². The van der Waals surface area contributed by atoms with Gasteiger partial charge in [-0.15, -0.1) is 11.6 Å². The molecule has 0 saturated carbocycles. The molecule has 3 aromatic rings. The van der Waals surface area contributed by atoms with E-state index in [9.17, 15) is 0 Å². The number of halogens is 1. The Morgan fingerprint density at radius 2 is 2.00 bits per heavy atom. The van der Waals surface area contributed by atoms with Crippen molar-refractivity contribution < 1.29 is 0 Å². The molecule has 0 aliphatic carbocycles. The molecule has 23 heavy (non-hydrogen) atoms. The Bertz CT molecular complexity index is 794. The first-order valence-corrected chi connectivity index (χ1v) is 9.09. The second kappa shape index (κ2) is 7.31. The minimum absolute atomic E-state index is 0.418. The lowest BCUT2D eigenvalue weighted by Crippen LogP contribution is -2.01. The summed E-state index contributed by atoms with van der Waals surface area (Å²) in [6.07, 6.45) is 6.42. The summed E-state index contributed by atoms with van der Waals surface area (Å²) in [7, 11) is 0. The van der Waals surface area contributed by atoms with Gasteiger partial charge in [-0.2, -0.15) is 0 Å². The molecular formula is C19H24ClN3. The fourth-order valence-corrected chi connectivity index (χ4v) is 3.26. The van der Waals surface area contributed by atoms with Crippen LogP contribution in [0.4, 0.5) is 0 Å². The topological polar surface area (TPSA) is 30.7 Å². The number of hydrogen-bond donors (Lipinski definition) is 0. The maximum absolute atomic E-state index is 5.78. The number of aromatic nitrogens is 3. The first-order valence-electron chi connectivity index (χ1n) is 8.55. The molecule has 0 radical (unpaired) electrons. The molecule has 0 N–H and O–H groups in total. The molecule has 1 unspecified atom stereocenters. The monoisotopic (exact) mass is 329 g/mol. The maximum atomic E-state index is 5.78. The van der Waals surface area contributed by atoms with Crippen molar-refractivity contribution in [3.8, 4) is 0 Å². The largest absolute Gasteiger partial charge is 0.330 e. The quantitative estimate of drug-likeness (QED) is 0.423. The van der Waals surface area contributed by atoms with E-state index < -0.39 is 0 Å². The normalized spacial score (nSPS) is 13.0. The van der Waals surface area contributed by atoms with E-state index in [1.807, 2.05) is 6.33 Å². The van der Waals surface area contributed by atoms with E-state index in [1.54, 1.807) is 0 Å². The number of imidazole rings is 1. The van der Waals surface area contributed by atoms with Crippen molar-refractivity contribution in [1.29, 1.82) is 0 Å². The summed E-state index contributed by atoms with van der Waals surface area (Å²) in [5, 5.41) is 1.20. The van der Waals surface area contributed by atoms with Crippen molar-refractivity contribution in [3.63, 3.8) is 0 Å². The highest BCUT2D eigenvalue weighted by Crippen LogP contribution is 2.30. The minimum atomic E-state index is 0.418. The van der Waals surface area contributed by atoms with Crippen LogP contribution in [0.2, 0.25) is 0 Å². The van der Waals surface area contributed by atoms with Gasteiger partial charge in [0.15, 0.2) is 0 Å². The van der Waals surface area contributed by atoms with Gasteiger partial charge >= 0.3 is 0 Å². The molecule has 3 rings (SSSR count). The number of aryl methyl sites for hydroxylation is 1. The van der Waals surface area contributed by atoms with Crippen LogP contribution < -0.4 is 0 Å². The lowest BCUT2D eigenvalue weighted by Gasteiger charge is -2.12. The van der Waals surface area contributed by atoms with E-state index >= 15 is 0 Å². The summed E-state index contributed by atoms with van der Waals surface area (Å²) >= 11 is 5.78. The van der Waals surface area contributed by atoms with E-state index in [4.69, 9.17) is 21.6 Å². The Labute approximate surface area is 142 Å². The van der Waals surface area contributed by atoms with Crippen LogP contribution in [0.15, 0.2) is 30.6 Å². The highest BCUT2D eigenvalue weighted by atomic mass is 35.5. The zero-order valence-corrected chi connectivity index (χ0v) is 14.7. The summed E-state index contributed by atoms with van der Waals surface area (Å²) in [6, 6.07) is 8.40. The van der Waals surface area contributed by atoms with Gasteiger partial charge in [0.2, 0.25) is 0 Å². The van der Waals surface area contributed by atoms with Crippen molar-refractivity contribution in [3.05, 3.63) is 36.3 Å². The summed E-state index contributed by atoms with van der Waals surface area (Å²) in [6.45, 7) is 5.42. The molecule has 0 aliphatic heterocycles. The molecule has 0 saturated heterocycles. The van der Waals surface area contributed by atoms with Crippen molar-refractivity contribution in [2.75, 3.05) is 5.88 Å². The molecule has 4 heteroatoms. The molecule has 1 atom stereocenters. The van der Waals surface area contributed by atoms with Crippen molar-refractivity contribution in [2.45, 2.75) is 52.0 Å². The van der Waals surface area contributed by atoms with Gasteiger partial charge in [-0.3, -0.25) is 4.98 Å². The molecule has 0 aliphatic rings. The highest BCUT2D eigenvalue weighted by molar-refractivity contribution is 6.17. The van der Waals surface area contributed by atoms with Crippen LogP contribution in [-0.2, 0) is 6.54 Å². The predicted molar refractivity (Wildman–Crippen MR) is 98.3 cm³/mol. The Morgan fingerprint density at radius 1 is 1.17 bits per heavy atom. The average Bonchev–Trinajstić information content (AvgIpc) is 3.01. The second-order valence-electron chi connectivity index (χ2n) is 6.21. The first kappa shape index (κ1) is 16.3. The van der Waals surface area contributed by atoms with Crippen molar-refractivity contribution >= 4 is 33.5 Å². The van der Waals surface area contributed by atoms with Gasteiger partial charge < -0.3 is 4.57 Å². The van der Waals surface area contributed by atoms with Crippen LogP contribution >= 0.6 is 11.6 Å². The van der Waals surface area contributed by atoms with Crippen LogP contribution in [0.3, 0.4) is 0 Å². The SMILES string of the molecule is CCC(C)c1nc2ccccc2c2c1ncn2CCCCCCl. The standard InChI is InChI=1S/C19H24ClN3/c1-3-14(2)17-18-19(15-9-5-6-10-16(15)22-17)23(13-21-18)12-8-4-7-11-20/h5-6,9-10,13-14H,3-4,7-8,11-12H2,1-2H3.